The van der Waals surface area contributed by atoms with Gasteiger partial charge in [0.05, 0.1) is 22.1 Å². The van der Waals surface area contributed by atoms with Crippen LogP contribution in [0, 0.1) is 0 Å². The number of nitrogens with zero attached hydrogens (tertiary/aromatic N) is 5. The molecule has 9 aromatic carbocycles. The molecular formula is C57H35N5O. The minimum atomic E-state index is 0.548. The second-order valence-electron chi connectivity index (χ2n) is 16.0. The van der Waals surface area contributed by atoms with Crippen LogP contribution in [-0.4, -0.2) is 24.1 Å². The maximum atomic E-state index is 6.31. The molecule has 0 aliphatic rings. The van der Waals surface area contributed by atoms with Crippen molar-refractivity contribution in [3.05, 3.63) is 212 Å². The Balaban J connectivity index is 1.01. The van der Waals surface area contributed by atoms with E-state index in [9.17, 15) is 0 Å². The number of para-hydroxylation sites is 3. The first-order valence-electron chi connectivity index (χ1n) is 21.2. The lowest BCUT2D eigenvalue weighted by atomic mass is 9.99. The molecule has 0 atom stereocenters. The van der Waals surface area contributed by atoms with Gasteiger partial charge in [-0.15, -0.1) is 0 Å². The first-order chi connectivity index (χ1) is 31.2. The molecule has 13 rings (SSSR count). The van der Waals surface area contributed by atoms with Crippen LogP contribution in [0.1, 0.15) is 0 Å². The molecule has 0 radical (unpaired) electrons. The monoisotopic (exact) mass is 805 g/mol. The second kappa shape index (κ2) is 14.0. The molecule has 0 saturated carbocycles. The minimum absolute atomic E-state index is 0.548. The van der Waals surface area contributed by atoms with Crippen molar-refractivity contribution in [1.29, 1.82) is 0 Å². The molecule has 0 unspecified atom stereocenters. The maximum Gasteiger partial charge on any atom is 0.238 e. The summed E-state index contributed by atoms with van der Waals surface area (Å²) < 4.78 is 10.9. The van der Waals surface area contributed by atoms with Gasteiger partial charge < -0.3 is 8.98 Å². The van der Waals surface area contributed by atoms with Crippen LogP contribution in [0.15, 0.2) is 217 Å². The van der Waals surface area contributed by atoms with Gasteiger partial charge in [0.2, 0.25) is 5.95 Å². The summed E-state index contributed by atoms with van der Waals surface area (Å²) in [5, 5.41) is 6.67. The van der Waals surface area contributed by atoms with E-state index in [-0.39, 0.29) is 0 Å². The Morgan fingerprint density at radius 1 is 0.317 bits per heavy atom. The fraction of sp³-hybridized carbons (Fsp3) is 0. The van der Waals surface area contributed by atoms with Crippen LogP contribution in [0.5, 0.6) is 0 Å². The second-order valence-corrected chi connectivity index (χ2v) is 16.0. The zero-order chi connectivity index (χ0) is 41.4. The van der Waals surface area contributed by atoms with Crippen LogP contribution in [0.2, 0.25) is 0 Å². The molecule has 6 heteroatoms. The first kappa shape index (κ1) is 35.2. The van der Waals surface area contributed by atoms with Crippen molar-refractivity contribution in [2.45, 2.75) is 0 Å². The predicted octanol–water partition coefficient (Wildman–Crippen LogP) is 14.6. The fourth-order valence-electron chi connectivity index (χ4n) is 9.50. The molecule has 4 aromatic heterocycles. The van der Waals surface area contributed by atoms with Crippen molar-refractivity contribution in [3.63, 3.8) is 0 Å². The Morgan fingerprint density at radius 3 is 1.52 bits per heavy atom. The number of aromatic nitrogens is 5. The lowest BCUT2D eigenvalue weighted by molar-refractivity contribution is 0.669. The number of hydrogen-bond acceptors (Lipinski definition) is 4. The van der Waals surface area contributed by atoms with E-state index in [1.807, 2.05) is 60.7 Å². The van der Waals surface area contributed by atoms with Gasteiger partial charge in [0.1, 0.15) is 11.2 Å². The third kappa shape index (κ3) is 5.62. The highest BCUT2D eigenvalue weighted by Gasteiger charge is 2.21. The topological polar surface area (TPSA) is 61.7 Å². The smallest absolute Gasteiger partial charge is 0.238 e. The summed E-state index contributed by atoms with van der Waals surface area (Å²) in [5.74, 6) is 1.73. The summed E-state index contributed by atoms with van der Waals surface area (Å²) in [6, 6.07) is 74.6. The number of hydrogen-bond donors (Lipinski definition) is 0. The predicted molar refractivity (Wildman–Crippen MR) is 258 cm³/mol. The molecule has 13 aromatic rings. The summed E-state index contributed by atoms with van der Waals surface area (Å²) in [6.45, 7) is 0. The van der Waals surface area contributed by atoms with Gasteiger partial charge in [-0.05, 0) is 89.0 Å². The normalized spacial score (nSPS) is 11.8. The Bertz CT molecular complexity index is 3900. The first-order valence-corrected chi connectivity index (χ1v) is 21.2. The van der Waals surface area contributed by atoms with E-state index in [4.69, 9.17) is 19.4 Å². The highest BCUT2D eigenvalue weighted by molar-refractivity contribution is 6.14. The van der Waals surface area contributed by atoms with Gasteiger partial charge in [-0.25, -0.2) is 4.98 Å². The maximum absolute atomic E-state index is 6.31. The number of furan rings is 1. The average molecular weight is 806 g/mol. The van der Waals surface area contributed by atoms with Crippen LogP contribution in [0.25, 0.3) is 122 Å². The fourth-order valence-corrected chi connectivity index (χ4v) is 9.50. The van der Waals surface area contributed by atoms with Gasteiger partial charge in [0, 0.05) is 49.1 Å². The molecular weight excluding hydrogens is 771 g/mol. The zero-order valence-corrected chi connectivity index (χ0v) is 33.9. The van der Waals surface area contributed by atoms with E-state index in [1.54, 1.807) is 0 Å². The van der Waals surface area contributed by atoms with Crippen molar-refractivity contribution in [1.82, 2.24) is 24.1 Å². The summed E-state index contributed by atoms with van der Waals surface area (Å²) in [6.07, 6.45) is 0. The quantitative estimate of drug-likeness (QED) is 0.168. The van der Waals surface area contributed by atoms with E-state index >= 15 is 0 Å². The largest absolute Gasteiger partial charge is 0.456 e. The summed E-state index contributed by atoms with van der Waals surface area (Å²) >= 11 is 0. The summed E-state index contributed by atoms with van der Waals surface area (Å²) in [7, 11) is 0. The van der Waals surface area contributed by atoms with Crippen LogP contribution in [-0.2, 0) is 0 Å². The van der Waals surface area contributed by atoms with Crippen LogP contribution in [0.4, 0.5) is 0 Å². The zero-order valence-electron chi connectivity index (χ0n) is 33.9. The van der Waals surface area contributed by atoms with E-state index in [0.29, 0.717) is 17.6 Å². The third-order valence-electron chi connectivity index (χ3n) is 12.4. The van der Waals surface area contributed by atoms with Gasteiger partial charge in [-0.1, -0.05) is 146 Å². The van der Waals surface area contributed by atoms with Gasteiger partial charge in [-0.2, -0.15) is 9.97 Å². The number of rotatable bonds is 6. The van der Waals surface area contributed by atoms with Gasteiger partial charge >= 0.3 is 0 Å². The molecule has 63 heavy (non-hydrogen) atoms. The molecule has 0 spiro atoms. The van der Waals surface area contributed by atoms with E-state index in [2.05, 4.69) is 161 Å². The SMILES string of the molecule is c1ccc(-c2ccc3c(c2)c2cc(-c4ccc5c(c4)c4ccccc4n5-c4nc(-c5ccccc5)nc(-c5cccc6oc7ccccc7c56)n4)ccc2n3-c2ccccc2)cc1. The van der Waals surface area contributed by atoms with Crippen LogP contribution >= 0.6 is 0 Å². The number of benzene rings is 9. The minimum Gasteiger partial charge on any atom is -0.456 e. The Kier molecular flexibility index (Phi) is 7.80. The summed E-state index contributed by atoms with van der Waals surface area (Å²) in [4.78, 5) is 15.7. The van der Waals surface area contributed by atoms with Gasteiger partial charge in [0.15, 0.2) is 11.6 Å². The van der Waals surface area contributed by atoms with Crippen LogP contribution < -0.4 is 0 Å². The van der Waals surface area contributed by atoms with Crippen LogP contribution in [0.3, 0.4) is 0 Å². The molecule has 0 fully saturated rings. The number of fused-ring (bicyclic) bond motifs is 9. The van der Waals surface area contributed by atoms with E-state index in [0.717, 1.165) is 71.7 Å². The molecule has 0 bridgehead atoms. The molecule has 0 saturated heterocycles. The van der Waals surface area contributed by atoms with Gasteiger partial charge in [0.25, 0.3) is 0 Å². The van der Waals surface area contributed by atoms with Crippen molar-refractivity contribution < 1.29 is 4.42 Å². The Labute approximate surface area is 361 Å². The molecule has 4 heterocycles. The Hall–Kier alpha value is -8.61. The summed E-state index contributed by atoms with van der Waals surface area (Å²) in [5.41, 5.74) is 13.6. The van der Waals surface area contributed by atoms with E-state index in [1.165, 1.54) is 32.9 Å². The lowest BCUT2D eigenvalue weighted by Gasteiger charge is -2.11. The molecule has 0 amide bonds. The van der Waals surface area contributed by atoms with Gasteiger partial charge in [-0.3, -0.25) is 4.57 Å². The molecule has 6 nitrogen and oxygen atoms in total. The van der Waals surface area contributed by atoms with E-state index < -0.39 is 0 Å². The molecule has 0 aliphatic carbocycles. The van der Waals surface area contributed by atoms with Crippen molar-refractivity contribution in [2.24, 2.45) is 0 Å². The van der Waals surface area contributed by atoms with Crippen molar-refractivity contribution in [2.75, 3.05) is 0 Å². The highest BCUT2D eigenvalue weighted by Crippen LogP contribution is 2.41. The average Bonchev–Trinajstić information content (AvgIpc) is 4.02. The standard InChI is InChI=1S/C57H35N5O/c1-4-15-36(16-5-1)38-27-30-49-46(33-38)47-35-40(28-31-50(47)61(49)41-19-8-3-9-20-41)39-29-32-51-45(34-39)42-21-10-12-24-48(42)62(51)57-59-55(37-17-6-2-7-18-37)58-56(60-57)44-23-14-26-53-54(44)43-22-11-13-25-52(43)63-53/h1-35H. The van der Waals surface area contributed by atoms with Crippen molar-refractivity contribution in [3.8, 4) is 56.7 Å². The van der Waals surface area contributed by atoms with Crippen molar-refractivity contribution >= 4 is 65.6 Å². The molecule has 0 aliphatic heterocycles. The lowest BCUT2D eigenvalue weighted by Crippen LogP contribution is -2.06. The molecule has 0 N–H and O–H groups in total. The molecule has 294 valence electrons. The highest BCUT2D eigenvalue weighted by atomic mass is 16.3. The Morgan fingerprint density at radius 2 is 0.825 bits per heavy atom. The third-order valence-corrected chi connectivity index (χ3v) is 12.4.